The molecular weight excluding hydrogens is 335 g/mol. The summed E-state index contributed by atoms with van der Waals surface area (Å²) in [4.78, 5) is 13.2. The zero-order valence-electron chi connectivity index (χ0n) is 15.7. The van der Waals surface area contributed by atoms with Crippen molar-refractivity contribution in [2.75, 3.05) is 39.7 Å². The van der Waals surface area contributed by atoms with E-state index in [9.17, 15) is 9.18 Å². The van der Waals surface area contributed by atoms with Crippen molar-refractivity contribution in [3.8, 4) is 11.5 Å². The summed E-state index contributed by atoms with van der Waals surface area (Å²) in [5.74, 6) is 0.929. The molecule has 2 N–H and O–H groups in total. The van der Waals surface area contributed by atoms with E-state index >= 15 is 0 Å². The molecule has 0 saturated heterocycles. The zero-order valence-corrected chi connectivity index (χ0v) is 15.7. The Labute approximate surface area is 153 Å². The van der Waals surface area contributed by atoms with E-state index in [2.05, 4.69) is 5.32 Å². The van der Waals surface area contributed by atoms with Crippen LogP contribution in [-0.4, -0.2) is 40.3 Å². The Hall–Kier alpha value is -2.60. The minimum absolute atomic E-state index is 0.141. The molecule has 0 saturated carbocycles. The lowest BCUT2D eigenvalue weighted by Crippen LogP contribution is -3.10. The number of likely N-dealkylation sites (N-methyl/N-ethyl adjacent to an activating group) is 1. The van der Waals surface area contributed by atoms with Gasteiger partial charge in [0.2, 0.25) is 0 Å². The molecule has 0 radical (unpaired) electrons. The number of methoxy groups -OCH3 is 2. The molecule has 26 heavy (non-hydrogen) atoms. The van der Waals surface area contributed by atoms with Gasteiger partial charge in [0, 0.05) is 12.1 Å². The van der Waals surface area contributed by atoms with Gasteiger partial charge < -0.3 is 19.7 Å². The number of amides is 1. The zero-order chi connectivity index (χ0) is 19.1. The number of hydrogen-bond donors (Lipinski definition) is 2. The van der Waals surface area contributed by atoms with Crippen LogP contribution in [0.2, 0.25) is 0 Å². The van der Waals surface area contributed by atoms with Gasteiger partial charge in [0.05, 0.1) is 27.8 Å². The van der Waals surface area contributed by atoms with Crippen molar-refractivity contribution in [3.05, 3.63) is 53.3 Å². The van der Waals surface area contributed by atoms with E-state index in [-0.39, 0.29) is 11.7 Å². The molecule has 0 heterocycles. The fourth-order valence-corrected chi connectivity index (χ4v) is 2.63. The van der Waals surface area contributed by atoms with Crippen molar-refractivity contribution in [3.63, 3.8) is 0 Å². The fraction of sp³-hybridized carbons (Fsp3) is 0.350. The number of halogens is 1. The normalized spacial score (nSPS) is 11.7. The van der Waals surface area contributed by atoms with Crippen LogP contribution < -0.4 is 19.7 Å². The van der Waals surface area contributed by atoms with Crippen LogP contribution in [-0.2, 0) is 11.2 Å². The quantitative estimate of drug-likeness (QED) is 0.755. The maximum absolute atomic E-state index is 13.5. The predicted molar refractivity (Wildman–Crippen MR) is 99.6 cm³/mol. The maximum Gasteiger partial charge on any atom is 0.279 e. The molecule has 1 atom stereocenters. The second kappa shape index (κ2) is 9.20. The number of nitrogens with one attached hydrogen (secondary N) is 2. The summed E-state index contributed by atoms with van der Waals surface area (Å²) >= 11 is 0. The molecule has 1 amide bonds. The van der Waals surface area contributed by atoms with Crippen LogP contribution in [0.25, 0.3) is 0 Å². The first-order valence-corrected chi connectivity index (χ1v) is 8.51. The number of carbonyl (C=O) groups excluding carboxylic acids is 1. The van der Waals surface area contributed by atoms with Gasteiger partial charge >= 0.3 is 0 Å². The Morgan fingerprint density at radius 3 is 2.50 bits per heavy atom. The van der Waals surface area contributed by atoms with Gasteiger partial charge in [0.15, 0.2) is 18.0 Å². The SMILES string of the molecule is COc1ccc(CC[NH+](C)CC(=O)Nc2ccc(C)c(F)c2)cc1OC. The van der Waals surface area contributed by atoms with Crippen LogP contribution in [0.15, 0.2) is 36.4 Å². The molecular formula is C20H26FN2O3+. The average molecular weight is 361 g/mol. The summed E-state index contributed by atoms with van der Waals surface area (Å²) in [6.45, 7) is 2.78. The predicted octanol–water partition coefficient (Wildman–Crippen LogP) is 1.85. The molecule has 2 rings (SSSR count). The molecule has 0 fully saturated rings. The first kappa shape index (κ1) is 19.7. The van der Waals surface area contributed by atoms with E-state index in [1.165, 1.54) is 6.07 Å². The summed E-state index contributed by atoms with van der Waals surface area (Å²) in [6, 6.07) is 10.5. The number of carbonyl (C=O) groups is 1. The third kappa shape index (κ3) is 5.46. The molecule has 5 nitrogen and oxygen atoms in total. The largest absolute Gasteiger partial charge is 0.493 e. The van der Waals surface area contributed by atoms with E-state index < -0.39 is 0 Å². The number of quaternary nitrogens is 1. The molecule has 1 unspecified atom stereocenters. The highest BCUT2D eigenvalue weighted by molar-refractivity contribution is 5.91. The Balaban J connectivity index is 1.85. The molecule has 2 aromatic carbocycles. The van der Waals surface area contributed by atoms with E-state index in [4.69, 9.17) is 9.47 Å². The Morgan fingerprint density at radius 1 is 1.12 bits per heavy atom. The summed E-state index contributed by atoms with van der Waals surface area (Å²) < 4.78 is 24.1. The lowest BCUT2D eigenvalue weighted by Gasteiger charge is -2.15. The van der Waals surface area contributed by atoms with Gasteiger partial charge in [-0.25, -0.2) is 4.39 Å². The lowest BCUT2D eigenvalue weighted by molar-refractivity contribution is -0.870. The minimum atomic E-state index is -0.322. The summed E-state index contributed by atoms with van der Waals surface area (Å²) in [6.07, 6.45) is 0.804. The summed E-state index contributed by atoms with van der Waals surface area (Å²) in [5, 5.41) is 2.74. The van der Waals surface area contributed by atoms with Gasteiger partial charge in [-0.3, -0.25) is 4.79 Å². The van der Waals surface area contributed by atoms with Gasteiger partial charge in [-0.15, -0.1) is 0 Å². The van der Waals surface area contributed by atoms with Crippen molar-refractivity contribution >= 4 is 11.6 Å². The molecule has 0 bridgehead atoms. The Morgan fingerprint density at radius 2 is 1.85 bits per heavy atom. The first-order valence-electron chi connectivity index (χ1n) is 8.51. The Bertz CT molecular complexity index is 765. The highest BCUT2D eigenvalue weighted by Crippen LogP contribution is 2.27. The molecule has 6 heteroatoms. The number of rotatable bonds is 8. The molecule has 0 aliphatic heterocycles. The molecule has 140 valence electrons. The van der Waals surface area contributed by atoms with Crippen molar-refractivity contribution in [1.82, 2.24) is 0 Å². The molecule has 0 spiro atoms. The maximum atomic E-state index is 13.5. The van der Waals surface area contributed by atoms with Crippen molar-refractivity contribution < 1.29 is 23.6 Å². The van der Waals surface area contributed by atoms with Crippen LogP contribution >= 0.6 is 0 Å². The number of anilines is 1. The molecule has 2 aromatic rings. The van der Waals surface area contributed by atoms with Crippen LogP contribution in [0, 0.1) is 12.7 Å². The Kier molecular flexibility index (Phi) is 6.97. The van der Waals surface area contributed by atoms with Crippen LogP contribution in [0.4, 0.5) is 10.1 Å². The van der Waals surface area contributed by atoms with Crippen LogP contribution in [0.5, 0.6) is 11.5 Å². The smallest absolute Gasteiger partial charge is 0.279 e. The van der Waals surface area contributed by atoms with E-state index in [1.807, 2.05) is 25.2 Å². The topological polar surface area (TPSA) is 52.0 Å². The lowest BCUT2D eigenvalue weighted by atomic mass is 10.1. The number of ether oxygens (including phenoxy) is 2. The third-order valence-corrected chi connectivity index (χ3v) is 4.21. The fourth-order valence-electron chi connectivity index (χ4n) is 2.63. The van der Waals surface area contributed by atoms with Crippen molar-refractivity contribution in [2.24, 2.45) is 0 Å². The third-order valence-electron chi connectivity index (χ3n) is 4.21. The van der Waals surface area contributed by atoms with Gasteiger partial charge in [0.25, 0.3) is 5.91 Å². The van der Waals surface area contributed by atoms with Gasteiger partial charge in [-0.2, -0.15) is 0 Å². The van der Waals surface area contributed by atoms with E-state index in [1.54, 1.807) is 33.3 Å². The highest BCUT2D eigenvalue weighted by atomic mass is 19.1. The second-order valence-electron chi connectivity index (χ2n) is 6.34. The monoisotopic (exact) mass is 361 g/mol. The number of hydrogen-bond acceptors (Lipinski definition) is 3. The standard InChI is InChI=1S/C20H25FN2O3/c1-14-5-7-16(12-17(14)21)22-20(24)13-23(2)10-9-15-6-8-18(25-3)19(11-15)26-4/h5-8,11-12H,9-10,13H2,1-4H3,(H,22,24)/p+1. The highest BCUT2D eigenvalue weighted by Gasteiger charge is 2.12. The van der Waals surface area contributed by atoms with E-state index in [0.29, 0.717) is 29.3 Å². The second-order valence-corrected chi connectivity index (χ2v) is 6.34. The number of benzene rings is 2. The first-order chi connectivity index (χ1) is 12.4. The summed E-state index contributed by atoms with van der Waals surface area (Å²) in [7, 11) is 5.17. The van der Waals surface area contributed by atoms with Crippen LogP contribution in [0.1, 0.15) is 11.1 Å². The number of aryl methyl sites for hydroxylation is 1. The van der Waals surface area contributed by atoms with Crippen LogP contribution in [0.3, 0.4) is 0 Å². The van der Waals surface area contributed by atoms with Crippen molar-refractivity contribution in [2.45, 2.75) is 13.3 Å². The van der Waals surface area contributed by atoms with Gasteiger partial charge in [-0.1, -0.05) is 12.1 Å². The molecule has 0 aliphatic carbocycles. The average Bonchev–Trinajstić information content (AvgIpc) is 2.62. The van der Waals surface area contributed by atoms with Crippen molar-refractivity contribution in [1.29, 1.82) is 0 Å². The van der Waals surface area contributed by atoms with Gasteiger partial charge in [-0.05, 0) is 42.3 Å². The summed E-state index contributed by atoms with van der Waals surface area (Å²) in [5.41, 5.74) is 2.15. The minimum Gasteiger partial charge on any atom is -0.493 e. The molecule has 0 aromatic heterocycles. The molecule has 0 aliphatic rings. The van der Waals surface area contributed by atoms with E-state index in [0.717, 1.165) is 23.4 Å². The van der Waals surface area contributed by atoms with Gasteiger partial charge in [0.1, 0.15) is 5.82 Å².